The number of aryl methyl sites for hydroxylation is 1. The predicted octanol–water partition coefficient (Wildman–Crippen LogP) is 3.41. The van der Waals surface area contributed by atoms with Gasteiger partial charge in [-0.3, -0.25) is 19.9 Å². The minimum Gasteiger partial charge on any atom is -0.504 e. The summed E-state index contributed by atoms with van der Waals surface area (Å²) in [6.07, 6.45) is -0.0282. The van der Waals surface area contributed by atoms with Crippen molar-refractivity contribution >= 4 is 23.7 Å². The number of likely N-dealkylation sites (N-methyl/N-ethyl adjacent to an activating group) is 1. The maximum absolute atomic E-state index is 14.7. The van der Waals surface area contributed by atoms with Crippen LogP contribution in [0.4, 0.5) is 0 Å². The van der Waals surface area contributed by atoms with Crippen molar-refractivity contribution in [3.8, 4) is 40.2 Å². The van der Waals surface area contributed by atoms with Crippen LogP contribution >= 0.6 is 11.8 Å². The van der Waals surface area contributed by atoms with Crippen molar-refractivity contribution < 1.29 is 53.3 Å². The number of methoxy groups -OCH3 is 2. The Morgan fingerprint density at radius 1 is 1.02 bits per heavy atom. The molecule has 3 aromatic carbocycles. The molecule has 0 aromatic heterocycles. The van der Waals surface area contributed by atoms with E-state index in [0.29, 0.717) is 70.2 Å². The molecule has 0 aliphatic carbocycles. The first-order valence-corrected chi connectivity index (χ1v) is 19.1. The van der Waals surface area contributed by atoms with Gasteiger partial charge in [0, 0.05) is 47.5 Å². The highest BCUT2D eigenvalue weighted by Gasteiger charge is 2.61. The zero-order chi connectivity index (χ0) is 38.0. The molecule has 2 fully saturated rings. The lowest BCUT2D eigenvalue weighted by atomic mass is 9.73. The van der Waals surface area contributed by atoms with E-state index in [1.807, 2.05) is 31.9 Å². The van der Waals surface area contributed by atoms with E-state index in [1.165, 1.54) is 32.9 Å². The normalized spacial score (nSPS) is 29.4. The van der Waals surface area contributed by atoms with Crippen LogP contribution in [0, 0.1) is 13.8 Å². The molecular formula is C39H43N3O11S. The maximum Gasteiger partial charge on any atom is 0.331 e. The second-order valence-electron chi connectivity index (χ2n) is 14.9. The summed E-state index contributed by atoms with van der Waals surface area (Å²) in [5.41, 5.74) is 4.36. The molecule has 1 unspecified atom stereocenters. The number of carbonyl (C=O) groups is 2. The van der Waals surface area contributed by atoms with Crippen molar-refractivity contribution in [2.45, 2.75) is 74.8 Å². The Labute approximate surface area is 316 Å². The van der Waals surface area contributed by atoms with E-state index >= 15 is 0 Å². The standard InChI is InChI=1S/C39H43N3O11S/c1-16-9-20-10-22-37(46)42-23-13-50-38(47)39(21-12-25(48-5)24(44)11-19(21)7-8-40-39)14-54-36(30(42)29(41(22)4)26(20)31(45)32(16)49-6)28-27(23)35-34(51-15-52-35)17(2)33(28)53-18(3)43/h9,11-12,22-23,29-30,36-37,40,44-46H,7-8,10,13-15H2,1-6H3/t22-,23+,29-,30?,36-,37+,39+/m1/s1. The second-order valence-corrected chi connectivity index (χ2v) is 16.1. The molecular weight excluding hydrogens is 719 g/mol. The van der Waals surface area contributed by atoms with Gasteiger partial charge in [0.25, 0.3) is 0 Å². The third-order valence-electron chi connectivity index (χ3n) is 12.3. The Balaban J connectivity index is 1.32. The van der Waals surface area contributed by atoms with E-state index in [-0.39, 0.29) is 42.4 Å². The fourth-order valence-corrected chi connectivity index (χ4v) is 11.7. The number of phenolic OH excluding ortho intramolecular Hbond substituents is 2. The molecule has 7 heterocycles. The van der Waals surface area contributed by atoms with Gasteiger partial charge in [-0.05, 0) is 68.1 Å². The summed E-state index contributed by atoms with van der Waals surface area (Å²) in [4.78, 5) is 31.7. The number of esters is 2. The molecule has 4 N–H and O–H groups in total. The molecule has 0 radical (unpaired) electrons. The number of hydrogen-bond acceptors (Lipinski definition) is 15. The molecule has 0 saturated carbocycles. The lowest BCUT2D eigenvalue weighted by Gasteiger charge is -2.62. The summed E-state index contributed by atoms with van der Waals surface area (Å²) in [7, 11) is 4.96. The molecule has 1 spiro atoms. The Hall–Kier alpha value is -4.41. The van der Waals surface area contributed by atoms with Gasteiger partial charge < -0.3 is 43.7 Å². The van der Waals surface area contributed by atoms with Gasteiger partial charge in [0.15, 0.2) is 40.0 Å². The molecule has 7 aliphatic heterocycles. The first-order chi connectivity index (χ1) is 25.9. The van der Waals surface area contributed by atoms with Gasteiger partial charge in [0.1, 0.15) is 18.6 Å². The van der Waals surface area contributed by atoms with E-state index in [9.17, 15) is 24.9 Å². The summed E-state index contributed by atoms with van der Waals surface area (Å²) in [5.74, 6) is 0.949. The molecule has 7 aliphatic rings. The number of nitrogens with zero attached hydrogens (tertiary/aromatic N) is 2. The fraction of sp³-hybridized carbons (Fsp3) is 0.487. The van der Waals surface area contributed by atoms with Crippen molar-refractivity contribution in [1.82, 2.24) is 15.1 Å². The second kappa shape index (κ2) is 12.6. The van der Waals surface area contributed by atoms with Crippen LogP contribution in [0.3, 0.4) is 0 Å². The number of nitrogens with one attached hydrogen (secondary N) is 1. The number of piperazine rings is 1. The molecule has 286 valence electrons. The Morgan fingerprint density at radius 3 is 2.54 bits per heavy atom. The van der Waals surface area contributed by atoms with Crippen molar-refractivity contribution in [2.24, 2.45) is 0 Å². The highest BCUT2D eigenvalue weighted by molar-refractivity contribution is 7.99. The first-order valence-electron chi connectivity index (χ1n) is 18.1. The van der Waals surface area contributed by atoms with E-state index in [0.717, 1.165) is 16.7 Å². The molecule has 15 heteroatoms. The molecule has 3 aromatic rings. The first kappa shape index (κ1) is 35.3. The number of rotatable bonds is 3. The number of thioether (sulfide) groups is 1. The number of phenols is 2. The largest absolute Gasteiger partial charge is 0.504 e. The predicted molar refractivity (Wildman–Crippen MR) is 195 cm³/mol. The Morgan fingerprint density at radius 2 is 1.80 bits per heavy atom. The number of fused-ring (bicyclic) bond motifs is 9. The number of benzene rings is 3. The van der Waals surface area contributed by atoms with Crippen LogP contribution in [-0.4, -0.2) is 102 Å². The maximum atomic E-state index is 14.7. The number of aliphatic hydroxyl groups is 1. The molecule has 10 rings (SSSR count). The molecule has 7 atom stereocenters. The zero-order valence-electron chi connectivity index (χ0n) is 30.8. The molecule has 14 nitrogen and oxygen atoms in total. The highest BCUT2D eigenvalue weighted by atomic mass is 32.2. The molecule has 54 heavy (non-hydrogen) atoms. The van der Waals surface area contributed by atoms with E-state index < -0.39 is 47.1 Å². The van der Waals surface area contributed by atoms with E-state index in [1.54, 1.807) is 12.1 Å². The summed E-state index contributed by atoms with van der Waals surface area (Å²) in [5, 5.41) is 38.2. The summed E-state index contributed by atoms with van der Waals surface area (Å²) in [6, 6.07) is 3.13. The van der Waals surface area contributed by atoms with Gasteiger partial charge >= 0.3 is 11.9 Å². The van der Waals surface area contributed by atoms with Crippen LogP contribution in [-0.2, 0) is 32.7 Å². The number of ether oxygens (including phenoxy) is 6. The molecule has 2 saturated heterocycles. The monoisotopic (exact) mass is 761 g/mol. The van der Waals surface area contributed by atoms with Gasteiger partial charge in [-0.1, -0.05) is 6.07 Å². The quantitative estimate of drug-likeness (QED) is 0.226. The third-order valence-corrected chi connectivity index (χ3v) is 13.7. The smallest absolute Gasteiger partial charge is 0.331 e. The minimum atomic E-state index is -1.36. The van der Waals surface area contributed by atoms with E-state index in [2.05, 4.69) is 10.2 Å². The lowest BCUT2D eigenvalue weighted by Crippen LogP contribution is -2.70. The van der Waals surface area contributed by atoms with Crippen molar-refractivity contribution in [1.29, 1.82) is 0 Å². The van der Waals surface area contributed by atoms with Crippen LogP contribution < -0.4 is 29.0 Å². The average Bonchev–Trinajstić information content (AvgIpc) is 3.63. The minimum absolute atomic E-state index is 0.0226. The number of carbonyl (C=O) groups excluding carboxylic acids is 2. The van der Waals surface area contributed by atoms with E-state index in [4.69, 9.17) is 28.4 Å². The van der Waals surface area contributed by atoms with Crippen LogP contribution in [0.1, 0.15) is 68.8 Å². The van der Waals surface area contributed by atoms with Crippen LogP contribution in [0.5, 0.6) is 40.2 Å². The zero-order valence-corrected chi connectivity index (χ0v) is 31.7. The average molecular weight is 762 g/mol. The third kappa shape index (κ3) is 4.74. The van der Waals surface area contributed by atoms with Gasteiger partial charge in [-0.2, -0.15) is 0 Å². The van der Waals surface area contributed by atoms with Gasteiger partial charge in [0.05, 0.1) is 37.6 Å². The lowest BCUT2D eigenvalue weighted by molar-refractivity contribution is -0.186. The van der Waals surface area contributed by atoms with Gasteiger partial charge in [-0.15, -0.1) is 11.8 Å². The van der Waals surface area contributed by atoms with Gasteiger partial charge in [-0.25, -0.2) is 4.79 Å². The molecule has 4 bridgehead atoms. The number of aromatic hydroxyl groups is 2. The number of hydrogen-bond donors (Lipinski definition) is 4. The fourth-order valence-electron chi connectivity index (χ4n) is 10.00. The molecule has 0 amide bonds. The summed E-state index contributed by atoms with van der Waals surface area (Å²) in [6.45, 7) is 5.26. The Kier molecular flexibility index (Phi) is 8.21. The number of aliphatic hydroxyl groups excluding tert-OH is 1. The van der Waals surface area contributed by atoms with Crippen LogP contribution in [0.15, 0.2) is 18.2 Å². The Bertz CT molecular complexity index is 2130. The van der Waals surface area contributed by atoms with Crippen molar-refractivity contribution in [3.63, 3.8) is 0 Å². The van der Waals surface area contributed by atoms with Crippen molar-refractivity contribution in [2.75, 3.05) is 47.0 Å². The SMILES string of the molecule is COc1cc2c(cc1O)CCN[C@@]21CS[C@@H]2c3c(OC(C)=O)c(C)c4c(c3[C@H](COC1=O)N1C2[C@H]2c3c(cc(C)c(OC)c3O)C[C@H]([C@@H]1O)N2C)OCO4. The van der Waals surface area contributed by atoms with Gasteiger partial charge in [0.2, 0.25) is 6.79 Å². The van der Waals surface area contributed by atoms with Crippen LogP contribution in [0.25, 0.3) is 0 Å². The van der Waals surface area contributed by atoms with Crippen molar-refractivity contribution in [3.05, 3.63) is 62.7 Å². The van der Waals surface area contributed by atoms with Crippen LogP contribution in [0.2, 0.25) is 0 Å². The highest BCUT2D eigenvalue weighted by Crippen LogP contribution is 2.64. The summed E-state index contributed by atoms with van der Waals surface area (Å²) >= 11 is 1.47. The topological polar surface area (TPSA) is 169 Å². The summed E-state index contributed by atoms with van der Waals surface area (Å²) < 4.78 is 35.9.